The Morgan fingerprint density at radius 3 is 2.17 bits per heavy atom. The fourth-order valence-electron chi connectivity index (χ4n) is 3.99. The maximum absolute atomic E-state index is 12.9. The van der Waals surface area contributed by atoms with Gasteiger partial charge < -0.3 is 14.7 Å². The lowest BCUT2D eigenvalue weighted by molar-refractivity contribution is -0.130. The minimum absolute atomic E-state index is 0.0348. The van der Waals surface area contributed by atoms with E-state index in [1.54, 1.807) is 11.8 Å². The lowest BCUT2D eigenvalue weighted by atomic mass is 9.96. The van der Waals surface area contributed by atoms with E-state index in [-0.39, 0.29) is 17.7 Å². The van der Waals surface area contributed by atoms with Crippen LogP contribution in [-0.4, -0.2) is 60.2 Å². The molecule has 1 fully saturated rings. The van der Waals surface area contributed by atoms with Gasteiger partial charge in [-0.05, 0) is 36.1 Å². The number of hydrogen-bond donors (Lipinski definition) is 0. The third-order valence-electron chi connectivity index (χ3n) is 5.31. The number of rotatable bonds is 1. The standard InChI is InChI=1S/C18H21N3O3/c1-12(22)19-6-8-20(9-7-19)18(24)15-10-13-2-3-16(23)21-5-4-14(11-15)17(13)21/h10-11H,2-9H2,1H3. The second-order valence-corrected chi connectivity index (χ2v) is 6.74. The van der Waals surface area contributed by atoms with Gasteiger partial charge in [0.1, 0.15) is 0 Å². The fraction of sp³-hybridized carbons (Fsp3) is 0.500. The molecule has 4 rings (SSSR count). The van der Waals surface area contributed by atoms with Crippen LogP contribution >= 0.6 is 0 Å². The summed E-state index contributed by atoms with van der Waals surface area (Å²) in [7, 11) is 0. The van der Waals surface area contributed by atoms with E-state index in [0.29, 0.717) is 32.6 Å². The van der Waals surface area contributed by atoms with Gasteiger partial charge in [-0.2, -0.15) is 0 Å². The van der Waals surface area contributed by atoms with Crippen LogP contribution in [0.1, 0.15) is 34.8 Å². The van der Waals surface area contributed by atoms with Gasteiger partial charge in [0.15, 0.2) is 0 Å². The molecule has 3 amide bonds. The summed E-state index contributed by atoms with van der Waals surface area (Å²) in [6.07, 6.45) is 2.07. The van der Waals surface area contributed by atoms with E-state index in [2.05, 4.69) is 0 Å². The molecular formula is C18H21N3O3. The molecule has 0 aromatic heterocycles. The molecule has 0 N–H and O–H groups in total. The Morgan fingerprint density at radius 2 is 1.50 bits per heavy atom. The number of amides is 3. The predicted molar refractivity (Wildman–Crippen MR) is 89.0 cm³/mol. The summed E-state index contributed by atoms with van der Waals surface area (Å²) in [6, 6.07) is 3.92. The van der Waals surface area contributed by atoms with Crippen molar-refractivity contribution in [3.8, 4) is 0 Å². The zero-order valence-corrected chi connectivity index (χ0v) is 13.9. The number of hydrogen-bond acceptors (Lipinski definition) is 3. The zero-order valence-electron chi connectivity index (χ0n) is 13.9. The van der Waals surface area contributed by atoms with Crippen LogP contribution in [0.2, 0.25) is 0 Å². The van der Waals surface area contributed by atoms with Crippen LogP contribution < -0.4 is 4.90 Å². The third kappa shape index (κ3) is 2.37. The van der Waals surface area contributed by atoms with Gasteiger partial charge in [-0.15, -0.1) is 0 Å². The molecule has 126 valence electrons. The first-order valence-electron chi connectivity index (χ1n) is 8.55. The molecule has 1 saturated heterocycles. The molecule has 3 heterocycles. The van der Waals surface area contributed by atoms with Crippen molar-refractivity contribution in [1.29, 1.82) is 0 Å². The maximum Gasteiger partial charge on any atom is 0.253 e. The highest BCUT2D eigenvalue weighted by Crippen LogP contribution is 2.37. The van der Waals surface area contributed by atoms with E-state index in [1.165, 1.54) is 0 Å². The molecule has 1 aromatic carbocycles. The van der Waals surface area contributed by atoms with Crippen LogP contribution in [0.4, 0.5) is 5.69 Å². The first-order chi connectivity index (χ1) is 11.5. The van der Waals surface area contributed by atoms with Crippen LogP contribution in [0.15, 0.2) is 12.1 Å². The molecule has 3 aliphatic heterocycles. The van der Waals surface area contributed by atoms with Crippen molar-refractivity contribution in [3.05, 3.63) is 28.8 Å². The largest absolute Gasteiger partial charge is 0.339 e. The van der Waals surface area contributed by atoms with Crippen molar-refractivity contribution < 1.29 is 14.4 Å². The Labute approximate surface area is 141 Å². The molecule has 0 saturated carbocycles. The summed E-state index contributed by atoms with van der Waals surface area (Å²) >= 11 is 0. The second kappa shape index (κ2) is 5.61. The van der Waals surface area contributed by atoms with Crippen LogP contribution in [0, 0.1) is 0 Å². The Balaban J connectivity index is 1.57. The molecule has 0 atom stereocenters. The molecule has 0 radical (unpaired) electrons. The van der Waals surface area contributed by atoms with Crippen LogP contribution in [-0.2, 0) is 22.4 Å². The van der Waals surface area contributed by atoms with E-state index in [9.17, 15) is 14.4 Å². The Bertz CT molecular complexity index is 735. The first-order valence-corrected chi connectivity index (χ1v) is 8.55. The number of anilines is 1. The van der Waals surface area contributed by atoms with Crippen molar-refractivity contribution in [2.45, 2.75) is 26.2 Å². The molecular weight excluding hydrogens is 306 g/mol. The average molecular weight is 327 g/mol. The van der Waals surface area contributed by atoms with Crippen molar-refractivity contribution in [3.63, 3.8) is 0 Å². The van der Waals surface area contributed by atoms with E-state index < -0.39 is 0 Å². The Hall–Kier alpha value is -2.37. The molecule has 3 aliphatic rings. The molecule has 6 nitrogen and oxygen atoms in total. The van der Waals surface area contributed by atoms with Crippen molar-refractivity contribution >= 4 is 23.4 Å². The first kappa shape index (κ1) is 15.2. The molecule has 0 spiro atoms. The molecule has 0 unspecified atom stereocenters. The highest BCUT2D eigenvalue weighted by Gasteiger charge is 2.33. The van der Waals surface area contributed by atoms with E-state index in [1.807, 2.05) is 21.9 Å². The molecule has 1 aromatic rings. The highest BCUT2D eigenvalue weighted by atomic mass is 16.2. The zero-order chi connectivity index (χ0) is 16.8. The topological polar surface area (TPSA) is 60.9 Å². The van der Waals surface area contributed by atoms with E-state index >= 15 is 0 Å². The smallest absolute Gasteiger partial charge is 0.253 e. The van der Waals surface area contributed by atoms with Gasteiger partial charge in [0.2, 0.25) is 11.8 Å². The van der Waals surface area contributed by atoms with Crippen LogP contribution in [0.3, 0.4) is 0 Å². The summed E-state index contributed by atoms with van der Waals surface area (Å²) in [5.41, 5.74) is 4.00. The maximum atomic E-state index is 12.9. The predicted octanol–water partition coefficient (Wildman–Crippen LogP) is 0.826. The third-order valence-corrected chi connectivity index (χ3v) is 5.31. The van der Waals surface area contributed by atoms with Crippen molar-refractivity contribution in [2.75, 3.05) is 37.6 Å². The number of carbonyl (C=O) groups excluding carboxylic acids is 3. The number of piperazine rings is 1. The monoisotopic (exact) mass is 327 g/mol. The van der Waals surface area contributed by atoms with E-state index in [4.69, 9.17) is 0 Å². The second-order valence-electron chi connectivity index (χ2n) is 6.74. The molecule has 0 bridgehead atoms. The van der Waals surface area contributed by atoms with Gasteiger partial charge in [0, 0.05) is 51.6 Å². The van der Waals surface area contributed by atoms with Crippen LogP contribution in [0.25, 0.3) is 0 Å². The van der Waals surface area contributed by atoms with Gasteiger partial charge in [-0.25, -0.2) is 0 Å². The van der Waals surface area contributed by atoms with Gasteiger partial charge in [-0.3, -0.25) is 14.4 Å². The van der Waals surface area contributed by atoms with E-state index in [0.717, 1.165) is 41.8 Å². The summed E-state index contributed by atoms with van der Waals surface area (Å²) in [4.78, 5) is 41.7. The lowest BCUT2D eigenvalue weighted by Gasteiger charge is -2.34. The van der Waals surface area contributed by atoms with Crippen LogP contribution in [0.5, 0.6) is 0 Å². The minimum Gasteiger partial charge on any atom is -0.339 e. The molecule has 6 heteroatoms. The number of carbonyl (C=O) groups is 3. The normalized spacial score (nSPS) is 19.5. The number of aryl methyl sites for hydroxylation is 1. The van der Waals surface area contributed by atoms with Gasteiger partial charge in [0.05, 0.1) is 5.69 Å². The Kier molecular flexibility index (Phi) is 3.55. The van der Waals surface area contributed by atoms with Crippen molar-refractivity contribution in [2.24, 2.45) is 0 Å². The number of nitrogens with zero attached hydrogens (tertiary/aromatic N) is 3. The molecule has 0 aliphatic carbocycles. The summed E-state index contributed by atoms with van der Waals surface area (Å²) in [5.74, 6) is 0.294. The van der Waals surface area contributed by atoms with Gasteiger partial charge in [-0.1, -0.05) is 0 Å². The Morgan fingerprint density at radius 1 is 0.875 bits per heavy atom. The number of benzene rings is 1. The highest BCUT2D eigenvalue weighted by molar-refractivity contribution is 6.01. The van der Waals surface area contributed by atoms with Gasteiger partial charge in [0.25, 0.3) is 5.91 Å². The summed E-state index contributed by atoms with van der Waals surface area (Å²) in [6.45, 7) is 4.65. The summed E-state index contributed by atoms with van der Waals surface area (Å²) in [5, 5.41) is 0. The quantitative estimate of drug-likeness (QED) is 0.767. The van der Waals surface area contributed by atoms with Crippen molar-refractivity contribution in [1.82, 2.24) is 9.80 Å². The SMILES string of the molecule is CC(=O)N1CCN(C(=O)c2cc3c4c(c2)CCN4C(=O)CC3)CC1. The minimum atomic E-state index is 0.0348. The lowest BCUT2D eigenvalue weighted by Crippen LogP contribution is -2.50. The van der Waals surface area contributed by atoms with Gasteiger partial charge >= 0.3 is 0 Å². The average Bonchev–Trinajstić information content (AvgIpc) is 3.03. The fourth-order valence-corrected chi connectivity index (χ4v) is 3.99. The molecule has 24 heavy (non-hydrogen) atoms. The summed E-state index contributed by atoms with van der Waals surface area (Å²) < 4.78 is 0.